The van der Waals surface area contributed by atoms with E-state index in [2.05, 4.69) is 15.0 Å². The van der Waals surface area contributed by atoms with Crippen LogP contribution >= 0.6 is 23.4 Å². The fourth-order valence-electron chi connectivity index (χ4n) is 1.97. The van der Waals surface area contributed by atoms with Gasteiger partial charge in [-0.2, -0.15) is 0 Å². The maximum Gasteiger partial charge on any atom is 0.263 e. The van der Waals surface area contributed by atoms with Crippen LogP contribution in [0, 0.1) is 0 Å². The molecule has 0 unspecified atom stereocenters. The van der Waals surface area contributed by atoms with Crippen molar-refractivity contribution < 1.29 is 4.42 Å². The van der Waals surface area contributed by atoms with Crippen LogP contribution in [0.3, 0.4) is 0 Å². The lowest BCUT2D eigenvalue weighted by molar-refractivity contribution is 0.489. The molecule has 0 atom stereocenters. The first-order valence-electron chi connectivity index (χ1n) is 6.36. The number of fused-ring (bicyclic) bond motifs is 1. The molecule has 1 aliphatic carbocycles. The van der Waals surface area contributed by atoms with E-state index < -0.39 is 0 Å². The average molecular weight is 304 g/mol. The molecule has 1 aromatic carbocycles. The van der Waals surface area contributed by atoms with Crippen LogP contribution in [-0.4, -0.2) is 15.0 Å². The molecule has 0 spiro atoms. The van der Waals surface area contributed by atoms with E-state index in [1.807, 2.05) is 24.3 Å². The highest BCUT2D eigenvalue weighted by Crippen LogP contribution is 2.39. The van der Waals surface area contributed by atoms with Gasteiger partial charge in [-0.3, -0.25) is 0 Å². The van der Waals surface area contributed by atoms with Gasteiger partial charge < -0.3 is 4.42 Å². The molecule has 0 N–H and O–H groups in total. The standard InChI is InChI=1S/C14H10ClN3OS/c15-11-7-12(18-13(17-11)8-5-6-8)20-14-16-9-3-1-2-4-10(9)19-14/h1-4,7-8H,5-6H2. The molecule has 2 aromatic heterocycles. The topological polar surface area (TPSA) is 51.8 Å². The van der Waals surface area contributed by atoms with Crippen molar-refractivity contribution in [3.8, 4) is 0 Å². The molecule has 0 saturated heterocycles. The smallest absolute Gasteiger partial charge is 0.263 e. The zero-order valence-electron chi connectivity index (χ0n) is 10.4. The highest BCUT2D eigenvalue weighted by Gasteiger charge is 2.27. The van der Waals surface area contributed by atoms with Gasteiger partial charge in [0.05, 0.1) is 0 Å². The molecule has 0 radical (unpaired) electrons. The fourth-order valence-corrected chi connectivity index (χ4v) is 2.99. The number of rotatable bonds is 3. The Bertz CT molecular complexity index is 752. The summed E-state index contributed by atoms with van der Waals surface area (Å²) in [5.41, 5.74) is 1.62. The minimum atomic E-state index is 0.469. The van der Waals surface area contributed by atoms with Crippen molar-refractivity contribution in [3.05, 3.63) is 41.3 Å². The Morgan fingerprint density at radius 2 is 2.00 bits per heavy atom. The summed E-state index contributed by atoms with van der Waals surface area (Å²) in [7, 11) is 0. The third kappa shape index (κ3) is 2.39. The normalized spacial score (nSPS) is 14.8. The molecule has 2 heterocycles. The summed E-state index contributed by atoms with van der Waals surface area (Å²) in [5.74, 6) is 1.30. The monoisotopic (exact) mass is 303 g/mol. The number of aromatic nitrogens is 3. The van der Waals surface area contributed by atoms with Gasteiger partial charge >= 0.3 is 0 Å². The lowest BCUT2D eigenvalue weighted by atomic mass is 10.3. The van der Waals surface area contributed by atoms with Crippen LogP contribution in [0.4, 0.5) is 0 Å². The predicted molar refractivity (Wildman–Crippen MR) is 77.1 cm³/mol. The summed E-state index contributed by atoms with van der Waals surface area (Å²) < 4.78 is 5.68. The predicted octanol–water partition coefficient (Wildman–Crippen LogP) is 4.30. The second kappa shape index (κ2) is 4.75. The second-order valence-corrected chi connectivity index (χ2v) is 6.07. The first kappa shape index (κ1) is 12.2. The van der Waals surface area contributed by atoms with Crippen molar-refractivity contribution in [1.82, 2.24) is 15.0 Å². The van der Waals surface area contributed by atoms with Crippen LogP contribution in [0.15, 0.2) is 45.0 Å². The van der Waals surface area contributed by atoms with Gasteiger partial charge in [0.15, 0.2) is 5.58 Å². The molecule has 0 bridgehead atoms. The van der Waals surface area contributed by atoms with Crippen LogP contribution in [0.1, 0.15) is 24.6 Å². The van der Waals surface area contributed by atoms with E-state index in [-0.39, 0.29) is 0 Å². The maximum absolute atomic E-state index is 6.05. The van der Waals surface area contributed by atoms with E-state index in [0.717, 1.165) is 34.8 Å². The Morgan fingerprint density at radius 3 is 2.80 bits per heavy atom. The summed E-state index contributed by atoms with van der Waals surface area (Å²) in [6.45, 7) is 0. The van der Waals surface area contributed by atoms with Crippen molar-refractivity contribution in [1.29, 1.82) is 0 Å². The van der Waals surface area contributed by atoms with Gasteiger partial charge in [-0.05, 0) is 36.7 Å². The molecule has 6 heteroatoms. The molecule has 20 heavy (non-hydrogen) atoms. The molecule has 100 valence electrons. The van der Waals surface area contributed by atoms with E-state index in [1.54, 1.807) is 6.07 Å². The average Bonchev–Trinajstić information content (AvgIpc) is 3.19. The van der Waals surface area contributed by atoms with E-state index in [4.69, 9.17) is 16.0 Å². The Labute approximate surface area is 124 Å². The number of hydrogen-bond donors (Lipinski definition) is 0. The summed E-state index contributed by atoms with van der Waals surface area (Å²) >= 11 is 7.42. The van der Waals surface area contributed by atoms with Gasteiger partial charge in [-0.25, -0.2) is 15.0 Å². The minimum Gasteiger partial charge on any atom is -0.431 e. The quantitative estimate of drug-likeness (QED) is 0.675. The SMILES string of the molecule is Clc1cc(Sc2nc3ccccc3o2)nc(C2CC2)n1. The first-order chi connectivity index (χ1) is 9.78. The zero-order chi connectivity index (χ0) is 13.5. The number of para-hydroxylation sites is 2. The van der Waals surface area contributed by atoms with Crippen LogP contribution in [0.2, 0.25) is 5.15 Å². The minimum absolute atomic E-state index is 0.469. The Balaban J connectivity index is 1.67. The highest BCUT2D eigenvalue weighted by molar-refractivity contribution is 7.99. The highest BCUT2D eigenvalue weighted by atomic mass is 35.5. The van der Waals surface area contributed by atoms with Crippen molar-refractivity contribution in [2.75, 3.05) is 0 Å². The Morgan fingerprint density at radius 1 is 1.15 bits per heavy atom. The van der Waals surface area contributed by atoms with E-state index in [1.165, 1.54) is 11.8 Å². The lowest BCUT2D eigenvalue weighted by Gasteiger charge is -2.01. The molecule has 1 saturated carbocycles. The molecule has 0 amide bonds. The van der Waals surface area contributed by atoms with E-state index in [9.17, 15) is 0 Å². The summed E-state index contributed by atoms with van der Waals surface area (Å²) in [6.07, 6.45) is 2.29. The third-order valence-corrected chi connectivity index (χ3v) is 4.06. The van der Waals surface area contributed by atoms with Crippen LogP contribution in [0.5, 0.6) is 0 Å². The maximum atomic E-state index is 6.05. The molecule has 3 aromatic rings. The van der Waals surface area contributed by atoms with Crippen molar-refractivity contribution in [3.63, 3.8) is 0 Å². The van der Waals surface area contributed by atoms with Crippen LogP contribution in [0.25, 0.3) is 11.1 Å². The summed E-state index contributed by atoms with van der Waals surface area (Å²) in [6, 6.07) is 9.42. The van der Waals surface area contributed by atoms with Gasteiger partial charge in [0.2, 0.25) is 0 Å². The number of hydrogen-bond acceptors (Lipinski definition) is 5. The molecule has 0 aliphatic heterocycles. The number of nitrogens with zero attached hydrogens (tertiary/aromatic N) is 3. The number of oxazole rings is 1. The van der Waals surface area contributed by atoms with Gasteiger partial charge in [-0.1, -0.05) is 23.7 Å². The van der Waals surface area contributed by atoms with Gasteiger partial charge in [0.1, 0.15) is 21.5 Å². The van der Waals surface area contributed by atoms with Crippen molar-refractivity contribution in [2.24, 2.45) is 0 Å². The van der Waals surface area contributed by atoms with Crippen molar-refractivity contribution in [2.45, 2.75) is 29.0 Å². The molecular formula is C14H10ClN3OS. The largest absolute Gasteiger partial charge is 0.431 e. The molecule has 1 fully saturated rings. The van der Waals surface area contributed by atoms with Gasteiger partial charge in [0, 0.05) is 12.0 Å². The Hall–Kier alpha value is -1.59. The molecule has 4 rings (SSSR count). The van der Waals surface area contributed by atoms with Gasteiger partial charge in [0.25, 0.3) is 5.22 Å². The van der Waals surface area contributed by atoms with E-state index >= 15 is 0 Å². The van der Waals surface area contributed by atoms with Crippen LogP contribution < -0.4 is 0 Å². The molecule has 4 nitrogen and oxygen atoms in total. The Kier molecular flexibility index (Phi) is 2.89. The third-order valence-electron chi connectivity index (χ3n) is 3.10. The summed E-state index contributed by atoms with van der Waals surface area (Å²) in [5, 5.41) is 1.82. The van der Waals surface area contributed by atoms with E-state index in [0.29, 0.717) is 16.3 Å². The summed E-state index contributed by atoms with van der Waals surface area (Å²) in [4.78, 5) is 13.2. The number of halogens is 1. The van der Waals surface area contributed by atoms with Crippen molar-refractivity contribution >= 4 is 34.5 Å². The molecule has 1 aliphatic rings. The number of benzene rings is 1. The second-order valence-electron chi connectivity index (χ2n) is 4.71. The zero-order valence-corrected chi connectivity index (χ0v) is 12.0. The van der Waals surface area contributed by atoms with Gasteiger partial charge in [-0.15, -0.1) is 0 Å². The lowest BCUT2D eigenvalue weighted by Crippen LogP contribution is -1.94. The van der Waals surface area contributed by atoms with Crippen LogP contribution in [-0.2, 0) is 0 Å². The first-order valence-corrected chi connectivity index (χ1v) is 7.55. The molecular weight excluding hydrogens is 294 g/mol. The fraction of sp³-hybridized carbons (Fsp3) is 0.214.